The van der Waals surface area contributed by atoms with Crippen LogP contribution in [0.5, 0.6) is 5.88 Å². The quantitative estimate of drug-likeness (QED) is 0.470. The van der Waals surface area contributed by atoms with Gasteiger partial charge in [0.25, 0.3) is 0 Å². The molecule has 34 heavy (non-hydrogen) atoms. The number of nitrogens with zero attached hydrogens (tertiary/aromatic N) is 6. The van der Waals surface area contributed by atoms with Crippen molar-refractivity contribution in [1.82, 2.24) is 24.5 Å². The molecule has 0 saturated carbocycles. The third-order valence-electron chi connectivity index (χ3n) is 6.50. The minimum Gasteiger partial charge on any atom is -0.481 e. The van der Waals surface area contributed by atoms with Crippen molar-refractivity contribution in [3.63, 3.8) is 0 Å². The van der Waals surface area contributed by atoms with E-state index in [-0.39, 0.29) is 36.9 Å². The van der Waals surface area contributed by atoms with Crippen molar-refractivity contribution in [3.8, 4) is 11.9 Å². The molecule has 2 bridgehead atoms. The Morgan fingerprint density at radius 2 is 2.03 bits per heavy atom. The summed E-state index contributed by atoms with van der Waals surface area (Å²) in [4.78, 5) is 11.1. The fraction of sp³-hybridized carbons (Fsp3) is 0.619. The summed E-state index contributed by atoms with van der Waals surface area (Å²) in [6, 6.07) is 5.17. The van der Waals surface area contributed by atoms with E-state index in [1.165, 1.54) is 7.11 Å². The first kappa shape index (κ1) is 24.2. The Labute approximate surface area is 199 Å². The van der Waals surface area contributed by atoms with Gasteiger partial charge in [0.05, 0.1) is 37.7 Å². The van der Waals surface area contributed by atoms with Crippen molar-refractivity contribution >= 4 is 27.6 Å². The lowest BCUT2D eigenvalue weighted by atomic mass is 9.83. The summed E-state index contributed by atoms with van der Waals surface area (Å²) < 4.78 is 32.9. The van der Waals surface area contributed by atoms with Crippen molar-refractivity contribution in [2.24, 2.45) is 0 Å². The molecular formula is C21H30N8O4S. The highest BCUT2D eigenvalue weighted by Gasteiger charge is 2.45. The molecule has 3 atom stereocenters. The van der Waals surface area contributed by atoms with Gasteiger partial charge < -0.3 is 20.1 Å². The second-order valence-corrected chi connectivity index (χ2v) is 10.7. The number of piperidine rings is 2. The van der Waals surface area contributed by atoms with E-state index in [1.54, 1.807) is 16.4 Å². The minimum absolute atomic E-state index is 0.00479. The zero-order valence-electron chi connectivity index (χ0n) is 19.3. The number of hydrogen-bond donors (Lipinski definition) is 3. The minimum atomic E-state index is -3.47. The van der Waals surface area contributed by atoms with Gasteiger partial charge >= 0.3 is 0 Å². The molecule has 3 N–H and O–H groups in total. The Balaban J connectivity index is 1.54. The lowest BCUT2D eigenvalue weighted by Gasteiger charge is -2.49. The number of aromatic nitrogens is 4. The highest BCUT2D eigenvalue weighted by atomic mass is 32.2. The Morgan fingerprint density at radius 1 is 1.29 bits per heavy atom. The number of methoxy groups -OCH3 is 1. The predicted octanol–water partition coefficient (Wildman–Crippen LogP) is 1.51. The third-order valence-corrected chi connectivity index (χ3v) is 8.46. The maximum atomic E-state index is 12.9. The summed E-state index contributed by atoms with van der Waals surface area (Å²) >= 11 is 0. The first-order valence-corrected chi connectivity index (χ1v) is 12.9. The molecular weight excluding hydrogens is 460 g/mol. The summed E-state index contributed by atoms with van der Waals surface area (Å²) in [6.45, 7) is -0.150. The van der Waals surface area contributed by atoms with Crippen LogP contribution in [0.3, 0.4) is 0 Å². The van der Waals surface area contributed by atoms with Crippen molar-refractivity contribution in [2.45, 2.75) is 63.3 Å². The number of nitrogens with one attached hydrogen (secondary N) is 2. The van der Waals surface area contributed by atoms with Crippen LogP contribution in [0, 0.1) is 11.3 Å². The van der Waals surface area contributed by atoms with E-state index in [9.17, 15) is 13.5 Å². The largest absolute Gasteiger partial charge is 0.481 e. The topological polar surface area (TPSA) is 160 Å². The van der Waals surface area contributed by atoms with Gasteiger partial charge in [-0.05, 0) is 25.7 Å². The van der Waals surface area contributed by atoms with Gasteiger partial charge in [-0.25, -0.2) is 8.42 Å². The predicted molar refractivity (Wildman–Crippen MR) is 125 cm³/mol. The number of ether oxygens (including phenoxy) is 1. The number of hydrogen-bond acceptors (Lipinski definition) is 10. The van der Waals surface area contributed by atoms with Gasteiger partial charge in [0.1, 0.15) is 5.82 Å². The van der Waals surface area contributed by atoms with Crippen molar-refractivity contribution < 1.29 is 18.3 Å². The Morgan fingerprint density at radius 3 is 2.65 bits per heavy atom. The van der Waals surface area contributed by atoms with Crippen LogP contribution in [0.2, 0.25) is 0 Å². The summed E-state index contributed by atoms with van der Waals surface area (Å²) in [5.41, 5.74) is 0.573. The summed E-state index contributed by atoms with van der Waals surface area (Å²) in [7, 11) is -0.0224. The fourth-order valence-corrected chi connectivity index (χ4v) is 6.75. The lowest BCUT2D eigenvalue weighted by Crippen LogP contribution is -2.59. The Bertz CT molecular complexity index is 1130. The molecule has 2 saturated heterocycles. The number of sulfonamides is 1. The summed E-state index contributed by atoms with van der Waals surface area (Å²) in [6.07, 6.45) is 3.96. The molecule has 2 fully saturated rings. The van der Waals surface area contributed by atoms with Crippen LogP contribution in [0.1, 0.15) is 44.2 Å². The number of rotatable bonds is 9. The average Bonchev–Trinajstić information content (AvgIpc) is 3.28. The first-order chi connectivity index (χ1) is 16.3. The van der Waals surface area contributed by atoms with Gasteiger partial charge in [0, 0.05) is 37.3 Å². The fourth-order valence-electron chi connectivity index (χ4n) is 4.90. The molecule has 2 aromatic rings. The standard InChI is InChI=1S/C21H30N8O4S/c1-28(17-10-15-5-3-6-16(11-17)29(15)34(31,32)8-4-7-22)21-24-18(12-20(25-21)33-2)23-19-9-14(13-30)26-27-19/h9,12,15-17,30H,3-6,8,10-11,13H2,1-2H3,(H2,23,24,25,26,27)/t15-,16+,17?. The van der Waals surface area contributed by atoms with Crippen LogP contribution in [-0.2, 0) is 16.6 Å². The number of nitriles is 1. The summed E-state index contributed by atoms with van der Waals surface area (Å²) in [5.74, 6) is 1.71. The van der Waals surface area contributed by atoms with Crippen LogP contribution in [0.4, 0.5) is 17.6 Å². The number of aliphatic hydroxyl groups is 1. The van der Waals surface area contributed by atoms with E-state index in [1.807, 2.05) is 18.0 Å². The van der Waals surface area contributed by atoms with Crippen LogP contribution < -0.4 is 15.0 Å². The van der Waals surface area contributed by atoms with Crippen molar-refractivity contribution in [3.05, 3.63) is 17.8 Å². The van der Waals surface area contributed by atoms with E-state index in [2.05, 4.69) is 25.5 Å². The molecule has 0 spiro atoms. The molecule has 2 aliphatic rings. The van der Waals surface area contributed by atoms with Gasteiger partial charge in [0.2, 0.25) is 21.9 Å². The van der Waals surface area contributed by atoms with Gasteiger partial charge in [-0.15, -0.1) is 0 Å². The smallest absolute Gasteiger partial charge is 0.230 e. The molecule has 0 aromatic carbocycles. The van der Waals surface area contributed by atoms with Crippen LogP contribution in [0.15, 0.2) is 12.1 Å². The first-order valence-electron chi connectivity index (χ1n) is 11.3. The second kappa shape index (κ2) is 10.1. The molecule has 4 rings (SSSR count). The van der Waals surface area contributed by atoms with Gasteiger partial charge in [-0.2, -0.15) is 24.6 Å². The molecule has 0 aliphatic carbocycles. The molecule has 0 amide bonds. The second-order valence-electron chi connectivity index (χ2n) is 8.69. The van der Waals surface area contributed by atoms with Crippen LogP contribution in [0.25, 0.3) is 0 Å². The molecule has 184 valence electrons. The Hall–Kier alpha value is -2.95. The van der Waals surface area contributed by atoms with E-state index in [0.717, 1.165) is 19.3 Å². The number of fused-ring (bicyclic) bond motifs is 2. The maximum Gasteiger partial charge on any atom is 0.230 e. The molecule has 2 aliphatic heterocycles. The number of anilines is 3. The Kier molecular flexibility index (Phi) is 7.20. The SMILES string of the molecule is COc1cc(Nc2cc(CO)[nH]n2)nc(N(C)C2C[C@H]3CCC[C@@H](C2)N3S(=O)(=O)CCC#N)n1. The zero-order valence-corrected chi connectivity index (χ0v) is 20.1. The normalized spacial score (nSPS) is 22.7. The molecule has 2 aromatic heterocycles. The van der Waals surface area contributed by atoms with E-state index < -0.39 is 10.0 Å². The van der Waals surface area contributed by atoms with E-state index in [4.69, 9.17) is 10.00 Å². The summed E-state index contributed by atoms with van der Waals surface area (Å²) in [5, 5.41) is 28.0. The van der Waals surface area contributed by atoms with Crippen LogP contribution in [-0.4, -0.2) is 76.0 Å². The molecule has 12 nitrogen and oxygen atoms in total. The molecule has 0 radical (unpaired) electrons. The number of aliphatic hydroxyl groups excluding tert-OH is 1. The van der Waals surface area contributed by atoms with Crippen molar-refractivity contribution in [2.75, 3.05) is 30.1 Å². The molecule has 13 heteroatoms. The van der Waals surface area contributed by atoms with Gasteiger partial charge in [-0.3, -0.25) is 5.10 Å². The van der Waals surface area contributed by atoms with E-state index >= 15 is 0 Å². The van der Waals surface area contributed by atoms with E-state index in [0.29, 0.717) is 42.0 Å². The van der Waals surface area contributed by atoms with Gasteiger partial charge in [0.15, 0.2) is 5.82 Å². The van der Waals surface area contributed by atoms with Crippen molar-refractivity contribution in [1.29, 1.82) is 5.26 Å². The molecule has 1 unspecified atom stereocenters. The highest BCUT2D eigenvalue weighted by Crippen LogP contribution is 2.38. The van der Waals surface area contributed by atoms with Gasteiger partial charge in [-0.1, -0.05) is 6.42 Å². The zero-order chi connectivity index (χ0) is 24.3. The third kappa shape index (κ3) is 5.08. The highest BCUT2D eigenvalue weighted by molar-refractivity contribution is 7.89. The average molecular weight is 491 g/mol. The molecule has 4 heterocycles. The lowest BCUT2D eigenvalue weighted by molar-refractivity contribution is 0.109. The number of aromatic amines is 1. The monoisotopic (exact) mass is 490 g/mol. The maximum absolute atomic E-state index is 12.9. The van der Waals surface area contributed by atoms with Crippen LogP contribution >= 0.6 is 0 Å². The number of H-pyrrole nitrogens is 1.